The van der Waals surface area contributed by atoms with Crippen LogP contribution in [0.3, 0.4) is 0 Å². The average Bonchev–Trinajstić information content (AvgIpc) is 2.76. The molecule has 96 valence electrons. The van der Waals surface area contributed by atoms with Gasteiger partial charge in [-0.2, -0.15) is 0 Å². The molecule has 0 aliphatic carbocycles. The van der Waals surface area contributed by atoms with Crippen LogP contribution in [-0.4, -0.2) is 23.8 Å². The topological polar surface area (TPSA) is 42.4 Å². The molecule has 18 heavy (non-hydrogen) atoms. The van der Waals surface area contributed by atoms with Crippen molar-refractivity contribution in [1.29, 1.82) is 0 Å². The van der Waals surface area contributed by atoms with E-state index in [0.29, 0.717) is 6.42 Å². The van der Waals surface area contributed by atoms with Crippen molar-refractivity contribution in [1.82, 2.24) is 4.98 Å². The Balaban J connectivity index is 2.48. The molecule has 0 amide bonds. The fraction of sp³-hybridized carbons (Fsp3) is 0.357. The maximum absolute atomic E-state index is 8.95. The summed E-state index contributed by atoms with van der Waals surface area (Å²) in [5.74, 6) is 0.859. The smallest absolute Gasteiger partial charge is 0.129 e. The van der Waals surface area contributed by atoms with E-state index in [2.05, 4.69) is 24.9 Å². The molecule has 2 aromatic rings. The number of benzene rings is 1. The predicted molar refractivity (Wildman–Crippen MR) is 74.4 cm³/mol. The minimum absolute atomic E-state index is 0.158. The van der Waals surface area contributed by atoms with Gasteiger partial charge in [-0.15, -0.1) is 11.3 Å². The lowest BCUT2D eigenvalue weighted by atomic mass is 10.0. The molecule has 0 saturated carbocycles. The van der Waals surface area contributed by atoms with Crippen LogP contribution in [0.25, 0.3) is 10.6 Å². The Kier molecular flexibility index (Phi) is 3.99. The fourth-order valence-electron chi connectivity index (χ4n) is 2.01. The lowest BCUT2D eigenvalue weighted by Crippen LogP contribution is -1.92. The van der Waals surface area contributed by atoms with E-state index in [1.54, 1.807) is 18.4 Å². The quantitative estimate of drug-likeness (QED) is 0.922. The first-order chi connectivity index (χ1) is 8.65. The van der Waals surface area contributed by atoms with Crippen LogP contribution in [-0.2, 0) is 6.42 Å². The third-order valence-electron chi connectivity index (χ3n) is 2.79. The summed E-state index contributed by atoms with van der Waals surface area (Å²) in [4.78, 5) is 5.52. The SMILES string of the molecule is COc1cc(C)cc(C)c1-c1ncc(CCO)s1. The van der Waals surface area contributed by atoms with Crippen molar-refractivity contribution in [2.45, 2.75) is 20.3 Å². The lowest BCUT2D eigenvalue weighted by molar-refractivity contribution is 0.300. The van der Waals surface area contributed by atoms with Gasteiger partial charge < -0.3 is 9.84 Å². The molecule has 0 saturated heterocycles. The van der Waals surface area contributed by atoms with Crippen molar-refractivity contribution >= 4 is 11.3 Å². The minimum Gasteiger partial charge on any atom is -0.496 e. The normalized spacial score (nSPS) is 10.7. The van der Waals surface area contributed by atoms with Gasteiger partial charge in [0, 0.05) is 24.1 Å². The molecule has 0 aliphatic heterocycles. The molecular formula is C14H17NO2S. The van der Waals surface area contributed by atoms with E-state index in [4.69, 9.17) is 9.84 Å². The van der Waals surface area contributed by atoms with E-state index >= 15 is 0 Å². The highest BCUT2D eigenvalue weighted by atomic mass is 32.1. The molecule has 1 N–H and O–H groups in total. The average molecular weight is 263 g/mol. The number of methoxy groups -OCH3 is 1. The highest BCUT2D eigenvalue weighted by Gasteiger charge is 2.13. The molecule has 3 nitrogen and oxygen atoms in total. The molecule has 0 unspecified atom stereocenters. The number of hydrogen-bond donors (Lipinski definition) is 1. The molecule has 4 heteroatoms. The molecule has 2 rings (SSSR count). The Morgan fingerprint density at radius 2 is 2.11 bits per heavy atom. The van der Waals surface area contributed by atoms with Crippen molar-refractivity contribution in [3.8, 4) is 16.3 Å². The van der Waals surface area contributed by atoms with Gasteiger partial charge in [-0.3, -0.25) is 0 Å². The van der Waals surface area contributed by atoms with E-state index in [0.717, 1.165) is 26.8 Å². The van der Waals surface area contributed by atoms with E-state index in [1.165, 1.54) is 5.56 Å². The zero-order valence-corrected chi connectivity index (χ0v) is 11.7. The van der Waals surface area contributed by atoms with Crippen molar-refractivity contribution < 1.29 is 9.84 Å². The number of aromatic nitrogens is 1. The summed E-state index contributed by atoms with van der Waals surface area (Å²) < 4.78 is 5.45. The van der Waals surface area contributed by atoms with Gasteiger partial charge in [-0.25, -0.2) is 4.98 Å². The van der Waals surface area contributed by atoms with Gasteiger partial charge in [0.25, 0.3) is 0 Å². The number of aliphatic hydroxyl groups is 1. The summed E-state index contributed by atoms with van der Waals surface area (Å²) in [5, 5.41) is 9.90. The van der Waals surface area contributed by atoms with Crippen molar-refractivity contribution in [3.63, 3.8) is 0 Å². The highest BCUT2D eigenvalue weighted by molar-refractivity contribution is 7.15. The molecule has 0 bridgehead atoms. The number of aliphatic hydroxyl groups excluding tert-OH is 1. The predicted octanol–water partition coefficient (Wildman–Crippen LogP) is 2.97. The van der Waals surface area contributed by atoms with Gasteiger partial charge in [0.15, 0.2) is 0 Å². The number of thiazole rings is 1. The monoisotopic (exact) mass is 263 g/mol. The summed E-state index contributed by atoms with van der Waals surface area (Å²) in [6, 6.07) is 4.15. The van der Waals surface area contributed by atoms with Crippen molar-refractivity contribution in [3.05, 3.63) is 34.3 Å². The third-order valence-corrected chi connectivity index (χ3v) is 3.86. The summed E-state index contributed by atoms with van der Waals surface area (Å²) in [5.41, 5.74) is 3.40. The fourth-order valence-corrected chi connectivity index (χ4v) is 3.03. The van der Waals surface area contributed by atoms with Gasteiger partial charge in [0.1, 0.15) is 10.8 Å². The number of rotatable bonds is 4. The second-order valence-electron chi connectivity index (χ2n) is 4.26. The molecule has 0 aliphatic rings. The van der Waals surface area contributed by atoms with Crippen LogP contribution < -0.4 is 4.74 Å². The second-order valence-corrected chi connectivity index (χ2v) is 5.38. The Labute approximate surface area is 111 Å². The molecule has 0 radical (unpaired) electrons. The number of hydrogen-bond acceptors (Lipinski definition) is 4. The van der Waals surface area contributed by atoms with Gasteiger partial charge in [0.2, 0.25) is 0 Å². The maximum Gasteiger partial charge on any atom is 0.129 e. The van der Waals surface area contributed by atoms with Gasteiger partial charge in [0.05, 0.1) is 12.7 Å². The maximum atomic E-state index is 8.95. The summed E-state index contributed by atoms with van der Waals surface area (Å²) in [6.45, 7) is 4.28. The van der Waals surface area contributed by atoms with Crippen LogP contribution in [0.1, 0.15) is 16.0 Å². The third kappa shape index (κ3) is 2.54. The standard InChI is InChI=1S/C14H17NO2S/c1-9-6-10(2)13(12(7-9)17-3)14-15-8-11(18-14)4-5-16/h6-8,16H,4-5H2,1-3H3. The van der Waals surface area contributed by atoms with E-state index < -0.39 is 0 Å². The zero-order chi connectivity index (χ0) is 13.1. The van der Waals surface area contributed by atoms with E-state index in [9.17, 15) is 0 Å². The Bertz CT molecular complexity index is 549. The van der Waals surface area contributed by atoms with Crippen LogP contribution in [0.5, 0.6) is 5.75 Å². The van der Waals surface area contributed by atoms with Crippen LogP contribution in [0, 0.1) is 13.8 Å². The molecule has 1 heterocycles. The number of nitrogens with zero attached hydrogens (tertiary/aromatic N) is 1. The molecular weight excluding hydrogens is 246 g/mol. The first kappa shape index (κ1) is 13.1. The molecule has 0 fully saturated rings. The first-order valence-corrected chi connectivity index (χ1v) is 6.68. The number of ether oxygens (including phenoxy) is 1. The Hall–Kier alpha value is -1.39. The summed E-state index contributed by atoms with van der Waals surface area (Å²) in [6.07, 6.45) is 2.49. The van der Waals surface area contributed by atoms with E-state index in [1.807, 2.05) is 12.3 Å². The zero-order valence-electron chi connectivity index (χ0n) is 10.9. The van der Waals surface area contributed by atoms with Crippen LogP contribution in [0.4, 0.5) is 0 Å². The second kappa shape index (κ2) is 5.50. The van der Waals surface area contributed by atoms with Crippen LogP contribution in [0.15, 0.2) is 18.3 Å². The molecule has 0 atom stereocenters. The summed E-state index contributed by atoms with van der Waals surface area (Å²) >= 11 is 1.61. The van der Waals surface area contributed by atoms with Crippen LogP contribution >= 0.6 is 11.3 Å². The molecule has 1 aromatic carbocycles. The van der Waals surface area contributed by atoms with E-state index in [-0.39, 0.29) is 6.61 Å². The van der Waals surface area contributed by atoms with Crippen molar-refractivity contribution in [2.24, 2.45) is 0 Å². The Morgan fingerprint density at radius 1 is 1.33 bits per heavy atom. The van der Waals surface area contributed by atoms with Gasteiger partial charge in [-0.1, -0.05) is 6.07 Å². The summed E-state index contributed by atoms with van der Waals surface area (Å²) in [7, 11) is 1.68. The molecule has 1 aromatic heterocycles. The van der Waals surface area contributed by atoms with Gasteiger partial charge >= 0.3 is 0 Å². The lowest BCUT2D eigenvalue weighted by Gasteiger charge is -2.10. The number of aryl methyl sites for hydroxylation is 2. The molecule has 0 spiro atoms. The van der Waals surface area contributed by atoms with Crippen LogP contribution in [0.2, 0.25) is 0 Å². The first-order valence-electron chi connectivity index (χ1n) is 5.87. The minimum atomic E-state index is 0.158. The van der Waals surface area contributed by atoms with Gasteiger partial charge in [-0.05, 0) is 31.0 Å². The highest BCUT2D eigenvalue weighted by Crippen LogP contribution is 2.36. The largest absolute Gasteiger partial charge is 0.496 e. The Morgan fingerprint density at radius 3 is 2.78 bits per heavy atom. The van der Waals surface area contributed by atoms with Crippen molar-refractivity contribution in [2.75, 3.05) is 13.7 Å².